The monoisotopic (exact) mass is 552 g/mol. The molecule has 1 aromatic heterocycles. The largest absolute Gasteiger partial charge is 0.459 e. The van der Waals surface area contributed by atoms with Crippen LogP contribution in [-0.2, 0) is 32.5 Å². The maximum absolute atomic E-state index is 13.1. The minimum atomic E-state index is -3.62. The molecule has 0 bridgehead atoms. The van der Waals surface area contributed by atoms with Crippen LogP contribution in [0.15, 0.2) is 29.7 Å². The van der Waals surface area contributed by atoms with Crippen molar-refractivity contribution in [1.29, 1.82) is 0 Å². The first-order valence-corrected chi connectivity index (χ1v) is 14.3. The lowest BCUT2D eigenvalue weighted by molar-refractivity contribution is -0.157. The molecule has 9 nitrogen and oxygen atoms in total. The molecule has 1 N–H and O–H groups in total. The number of sulfonamides is 1. The van der Waals surface area contributed by atoms with Gasteiger partial charge in [-0.1, -0.05) is 23.7 Å². The number of thiazole rings is 1. The number of hydrogen-bond acceptors (Lipinski definition) is 8. The predicted octanol–water partition coefficient (Wildman–Crippen LogP) is 2.91. The molecule has 0 aliphatic carbocycles. The van der Waals surface area contributed by atoms with Crippen LogP contribution in [0.3, 0.4) is 0 Å². The van der Waals surface area contributed by atoms with Crippen molar-refractivity contribution in [3.05, 3.63) is 55.8 Å². The van der Waals surface area contributed by atoms with Gasteiger partial charge in [-0.2, -0.15) is 4.31 Å². The van der Waals surface area contributed by atoms with Crippen LogP contribution in [0.4, 0.5) is 0 Å². The van der Waals surface area contributed by atoms with Crippen molar-refractivity contribution in [2.75, 3.05) is 26.2 Å². The number of nitrogens with zero attached hydrogens (tertiary/aromatic N) is 3. The van der Waals surface area contributed by atoms with Crippen molar-refractivity contribution in [1.82, 2.24) is 19.5 Å². The summed E-state index contributed by atoms with van der Waals surface area (Å²) < 4.78 is 32.3. The predicted molar refractivity (Wildman–Crippen MR) is 139 cm³/mol. The Morgan fingerprint density at radius 1 is 1.17 bits per heavy atom. The highest BCUT2D eigenvalue weighted by atomic mass is 35.5. The Hall–Kier alpha value is -2.31. The minimum absolute atomic E-state index is 0.201. The highest BCUT2D eigenvalue weighted by Crippen LogP contribution is 2.26. The van der Waals surface area contributed by atoms with Crippen LogP contribution in [0.1, 0.15) is 46.7 Å². The third-order valence-corrected chi connectivity index (χ3v) is 8.65. The normalized spacial score (nSPS) is 19.3. The molecular weight excluding hydrogens is 524 g/mol. The van der Waals surface area contributed by atoms with Gasteiger partial charge in [-0.15, -0.1) is 11.3 Å². The highest BCUT2D eigenvalue weighted by Gasteiger charge is 2.33. The van der Waals surface area contributed by atoms with Gasteiger partial charge in [-0.25, -0.2) is 13.4 Å². The number of aromatic nitrogens is 1. The molecule has 4 rings (SSSR count). The number of piperazine rings is 1. The smallest absolute Gasteiger partial charge is 0.324 e. The molecule has 36 heavy (non-hydrogen) atoms. The lowest BCUT2D eigenvalue weighted by atomic mass is 10.1. The molecule has 1 aromatic carbocycles. The zero-order valence-electron chi connectivity index (χ0n) is 20.4. The molecule has 2 aliphatic rings. The Morgan fingerprint density at radius 2 is 1.83 bits per heavy atom. The van der Waals surface area contributed by atoms with E-state index in [-0.39, 0.29) is 38.1 Å². The second-order valence-corrected chi connectivity index (χ2v) is 13.0. The van der Waals surface area contributed by atoms with Crippen molar-refractivity contribution >= 4 is 50.9 Å². The standard InChI is InChI=1S/C24H29ClN4O5S2/c1-24(2,3)34-23(31)19-14-18-20(15-26-19)35-21(27-18)22(30)28-9-11-29(12-10-28)36(32,33)13-8-16-4-6-17(25)7-5-16/h4-8,13,19,26H,9-12,14-15H2,1-3H3. The molecule has 194 valence electrons. The summed E-state index contributed by atoms with van der Waals surface area (Å²) in [4.78, 5) is 32.6. The SMILES string of the molecule is CC(C)(C)OC(=O)C1Cc2nc(C(=O)N3CCN(S(=O)(=O)C=Cc4ccc(Cl)cc4)CC3)sc2CN1. The average molecular weight is 553 g/mol. The number of carbonyl (C=O) groups is 2. The van der Waals surface area contributed by atoms with Gasteiger partial charge in [-0.3, -0.25) is 14.9 Å². The number of rotatable bonds is 5. The first-order valence-electron chi connectivity index (χ1n) is 11.6. The van der Waals surface area contributed by atoms with Crippen LogP contribution in [0, 0.1) is 0 Å². The molecule has 3 heterocycles. The summed E-state index contributed by atoms with van der Waals surface area (Å²) in [7, 11) is -3.62. The van der Waals surface area contributed by atoms with Crippen LogP contribution in [-0.4, -0.2) is 72.3 Å². The number of esters is 1. The number of ether oxygens (including phenoxy) is 1. The van der Waals surface area contributed by atoms with E-state index in [9.17, 15) is 18.0 Å². The third-order valence-electron chi connectivity index (χ3n) is 5.75. The second-order valence-electron chi connectivity index (χ2n) is 9.65. The summed E-state index contributed by atoms with van der Waals surface area (Å²) in [6.45, 7) is 6.85. The van der Waals surface area contributed by atoms with Crippen LogP contribution in [0.25, 0.3) is 6.08 Å². The van der Waals surface area contributed by atoms with Gasteiger partial charge in [0.05, 0.1) is 5.69 Å². The Bertz CT molecular complexity index is 1260. The second kappa shape index (κ2) is 10.6. The van der Waals surface area contributed by atoms with Gasteiger partial charge < -0.3 is 9.64 Å². The van der Waals surface area contributed by atoms with E-state index in [2.05, 4.69) is 10.3 Å². The lowest BCUT2D eigenvalue weighted by Gasteiger charge is -2.32. The number of nitrogens with one attached hydrogen (secondary N) is 1. The van der Waals surface area contributed by atoms with Crippen LogP contribution < -0.4 is 5.32 Å². The van der Waals surface area contributed by atoms with Crippen LogP contribution >= 0.6 is 22.9 Å². The van der Waals surface area contributed by atoms with Gasteiger partial charge in [0.15, 0.2) is 5.01 Å². The third kappa shape index (κ3) is 6.51. The van der Waals surface area contributed by atoms with E-state index in [0.717, 1.165) is 16.1 Å². The first-order chi connectivity index (χ1) is 16.9. The molecule has 2 aliphatic heterocycles. The lowest BCUT2D eigenvalue weighted by Crippen LogP contribution is -2.50. The summed E-state index contributed by atoms with van der Waals surface area (Å²) in [5.74, 6) is -0.562. The van der Waals surface area contributed by atoms with Gasteiger partial charge in [-0.05, 0) is 44.5 Å². The molecule has 1 saturated heterocycles. The van der Waals surface area contributed by atoms with Crippen molar-refractivity contribution in [2.24, 2.45) is 0 Å². The van der Waals surface area contributed by atoms with E-state index in [0.29, 0.717) is 23.0 Å². The fraction of sp³-hybridized carbons (Fsp3) is 0.458. The molecular formula is C24H29ClN4O5S2. The van der Waals surface area contributed by atoms with Crippen molar-refractivity contribution < 1.29 is 22.7 Å². The maximum Gasteiger partial charge on any atom is 0.324 e. The van der Waals surface area contributed by atoms with Crippen LogP contribution in [0.2, 0.25) is 5.02 Å². The summed E-state index contributed by atoms with van der Waals surface area (Å²) in [6, 6.07) is 6.37. The topological polar surface area (TPSA) is 109 Å². The van der Waals surface area contributed by atoms with Crippen LogP contribution in [0.5, 0.6) is 0 Å². The van der Waals surface area contributed by atoms with Gasteiger partial charge >= 0.3 is 5.97 Å². The summed E-state index contributed by atoms with van der Waals surface area (Å²) in [5, 5.41) is 5.27. The number of amides is 1. The van der Waals surface area contributed by atoms with Crippen molar-refractivity contribution in [2.45, 2.75) is 45.4 Å². The number of benzene rings is 1. The van der Waals surface area contributed by atoms with E-state index < -0.39 is 21.7 Å². The maximum atomic E-state index is 13.1. The van der Waals surface area contributed by atoms with E-state index in [1.807, 2.05) is 20.8 Å². The Balaban J connectivity index is 1.34. The summed E-state index contributed by atoms with van der Waals surface area (Å²) in [6.07, 6.45) is 1.89. The summed E-state index contributed by atoms with van der Waals surface area (Å²) >= 11 is 7.18. The molecule has 1 unspecified atom stereocenters. The Kier molecular flexibility index (Phi) is 7.86. The number of halogens is 1. The van der Waals surface area contributed by atoms with Crippen molar-refractivity contribution in [3.63, 3.8) is 0 Å². The minimum Gasteiger partial charge on any atom is -0.459 e. The molecule has 0 spiro atoms. The fourth-order valence-corrected chi connectivity index (χ4v) is 6.21. The van der Waals surface area contributed by atoms with E-state index in [1.165, 1.54) is 27.1 Å². The zero-order valence-corrected chi connectivity index (χ0v) is 22.8. The van der Waals surface area contributed by atoms with Gasteiger partial charge in [0.1, 0.15) is 11.6 Å². The fourth-order valence-electron chi connectivity index (χ4n) is 3.90. The Morgan fingerprint density at radius 3 is 2.47 bits per heavy atom. The van der Waals surface area contributed by atoms with Gasteiger partial charge in [0.25, 0.3) is 5.91 Å². The van der Waals surface area contributed by atoms with Gasteiger partial charge in [0.2, 0.25) is 10.0 Å². The first kappa shape index (κ1) is 26.7. The van der Waals surface area contributed by atoms with E-state index >= 15 is 0 Å². The number of carbonyl (C=O) groups excluding carboxylic acids is 2. The quantitative estimate of drug-likeness (QED) is 0.568. The molecule has 1 fully saturated rings. The Labute approximate surface area is 220 Å². The van der Waals surface area contributed by atoms with E-state index in [1.54, 1.807) is 29.2 Å². The molecule has 1 atom stereocenters. The van der Waals surface area contributed by atoms with Crippen molar-refractivity contribution in [3.8, 4) is 0 Å². The molecule has 0 radical (unpaired) electrons. The number of hydrogen-bond donors (Lipinski definition) is 1. The highest BCUT2D eigenvalue weighted by molar-refractivity contribution is 7.92. The zero-order chi connectivity index (χ0) is 26.1. The summed E-state index contributed by atoms with van der Waals surface area (Å²) in [5.41, 5.74) is 0.878. The number of fused-ring (bicyclic) bond motifs is 1. The van der Waals surface area contributed by atoms with E-state index in [4.69, 9.17) is 16.3 Å². The molecule has 12 heteroatoms. The molecule has 1 amide bonds. The average Bonchev–Trinajstić information content (AvgIpc) is 3.26. The van der Waals surface area contributed by atoms with Gasteiger partial charge in [0, 0.05) is 54.5 Å². The molecule has 2 aromatic rings. The molecule has 0 saturated carbocycles.